The largest absolute Gasteiger partial charge is 0.365 e. The number of fused-ring (bicyclic) bond motifs is 9. The summed E-state index contributed by atoms with van der Waals surface area (Å²) in [5.74, 6) is 0.0835. The summed E-state index contributed by atoms with van der Waals surface area (Å²) in [7, 11) is 0. The summed E-state index contributed by atoms with van der Waals surface area (Å²) in [4.78, 5) is 2.58. The molecule has 2 N–H and O–H groups in total. The van der Waals surface area contributed by atoms with Crippen molar-refractivity contribution in [3.63, 3.8) is 0 Å². The average molecular weight is 695 g/mol. The number of nitrogens with one attached hydrogen (secondary N) is 2. The van der Waals surface area contributed by atoms with Crippen LogP contribution in [0.4, 0.5) is 11.4 Å². The Kier molecular flexibility index (Phi) is 7.17. The van der Waals surface area contributed by atoms with Crippen molar-refractivity contribution in [3.8, 4) is 16.8 Å². The summed E-state index contributed by atoms with van der Waals surface area (Å²) in [6.45, 7) is 0. The molecular weight excluding hydrogens is 657 g/mol. The molecule has 7 aromatic rings. The Balaban J connectivity index is 1.08. The lowest BCUT2D eigenvalue weighted by atomic mass is 9.88. The summed E-state index contributed by atoms with van der Waals surface area (Å²) >= 11 is 0. The first-order valence-corrected chi connectivity index (χ1v) is 18.9. The Hall–Kier alpha value is -6.62. The van der Waals surface area contributed by atoms with Gasteiger partial charge >= 0.3 is 0 Å². The van der Waals surface area contributed by atoms with E-state index in [0.29, 0.717) is 0 Å². The fourth-order valence-corrected chi connectivity index (χ4v) is 9.18. The highest BCUT2D eigenvalue weighted by Crippen LogP contribution is 2.52. The highest BCUT2D eigenvalue weighted by molar-refractivity contribution is 6.04. The third-order valence-corrected chi connectivity index (χ3v) is 11.5. The van der Waals surface area contributed by atoms with Crippen LogP contribution in [-0.2, 0) is 0 Å². The van der Waals surface area contributed by atoms with Crippen LogP contribution in [0.3, 0.4) is 0 Å². The van der Waals surface area contributed by atoms with Crippen LogP contribution in [0.15, 0.2) is 200 Å². The second-order valence-electron chi connectivity index (χ2n) is 14.6. The summed E-state index contributed by atoms with van der Waals surface area (Å²) < 4.78 is 2.53. The Morgan fingerprint density at radius 3 is 2.31 bits per heavy atom. The van der Waals surface area contributed by atoms with Gasteiger partial charge in [-0.25, -0.2) is 0 Å². The second kappa shape index (κ2) is 12.5. The van der Waals surface area contributed by atoms with Gasteiger partial charge in [-0.2, -0.15) is 0 Å². The maximum atomic E-state index is 3.91. The normalized spacial score (nSPS) is 21.0. The summed E-state index contributed by atoms with van der Waals surface area (Å²) in [5.41, 5.74) is 13.5. The van der Waals surface area contributed by atoms with E-state index >= 15 is 0 Å². The first-order chi connectivity index (χ1) is 26.8. The third kappa shape index (κ3) is 4.88. The van der Waals surface area contributed by atoms with Gasteiger partial charge in [-0.1, -0.05) is 158 Å². The predicted octanol–water partition coefficient (Wildman–Crippen LogP) is 11.3. The smallest absolute Gasteiger partial charge is 0.104 e. The van der Waals surface area contributed by atoms with Crippen LogP contribution in [0.1, 0.15) is 28.9 Å². The van der Waals surface area contributed by atoms with E-state index in [9.17, 15) is 0 Å². The standard InChI is InChI=1S/C50H38N4/c1-2-16-34(17-3-1)48-39-21-6-10-25-43(39)51-50(52-48)36-19-14-20-37(32-36)53-44-26-11-7-22-40(44)47-41-23-8-12-27-45(41)54(49(47)42-24-9-13-28-46(42)53)38-30-29-33-15-4-5-18-35(33)31-38/h1-32,42-43,46,50-52H. The minimum atomic E-state index is -0.0803. The van der Waals surface area contributed by atoms with Crippen LogP contribution in [0.25, 0.3) is 44.2 Å². The van der Waals surface area contributed by atoms with Crippen molar-refractivity contribution in [2.45, 2.75) is 24.2 Å². The molecule has 0 spiro atoms. The molecule has 2 aliphatic heterocycles. The van der Waals surface area contributed by atoms with Crippen LogP contribution in [0, 0.1) is 0 Å². The molecule has 0 bridgehead atoms. The SMILES string of the molecule is C1=CC2=C(c3ccccc3)NC(c3cccc(N4c5ccccc5-c5c(n(-c6ccc7ccccc7c6)c6ccccc56)C5C=CC=CC54)c3)NC2C=C1. The maximum absolute atomic E-state index is 3.91. The number of hydrogen-bond acceptors (Lipinski definition) is 3. The molecule has 4 atom stereocenters. The molecule has 4 unspecified atom stereocenters. The minimum absolute atomic E-state index is 0.0428. The Morgan fingerprint density at radius 1 is 0.574 bits per heavy atom. The van der Waals surface area contributed by atoms with Gasteiger partial charge in [0.05, 0.1) is 17.6 Å². The number of nitrogens with zero attached hydrogens (tertiary/aromatic N) is 2. The fourth-order valence-electron chi connectivity index (χ4n) is 9.18. The molecule has 6 aromatic carbocycles. The van der Waals surface area contributed by atoms with Crippen molar-refractivity contribution >= 4 is 38.7 Å². The lowest BCUT2D eigenvalue weighted by Gasteiger charge is -2.38. The van der Waals surface area contributed by atoms with E-state index in [4.69, 9.17) is 0 Å². The van der Waals surface area contributed by atoms with Gasteiger partial charge in [-0.05, 0) is 63.9 Å². The van der Waals surface area contributed by atoms with Crippen molar-refractivity contribution in [2.24, 2.45) is 0 Å². The second-order valence-corrected chi connectivity index (χ2v) is 14.6. The van der Waals surface area contributed by atoms with Crippen molar-refractivity contribution in [3.05, 3.63) is 217 Å². The number of allylic oxidation sites excluding steroid dienone is 4. The molecule has 3 heterocycles. The van der Waals surface area contributed by atoms with Crippen molar-refractivity contribution in [1.29, 1.82) is 0 Å². The van der Waals surface area contributed by atoms with E-state index in [1.54, 1.807) is 0 Å². The minimum Gasteiger partial charge on any atom is -0.365 e. The zero-order valence-electron chi connectivity index (χ0n) is 29.7. The molecule has 11 rings (SSSR count). The molecule has 4 aliphatic rings. The molecule has 1 aromatic heterocycles. The van der Waals surface area contributed by atoms with Crippen molar-refractivity contribution in [2.75, 3.05) is 4.90 Å². The monoisotopic (exact) mass is 694 g/mol. The van der Waals surface area contributed by atoms with Gasteiger partial charge in [0, 0.05) is 50.9 Å². The Morgan fingerprint density at radius 2 is 1.37 bits per heavy atom. The van der Waals surface area contributed by atoms with E-state index in [-0.39, 0.29) is 24.2 Å². The molecular formula is C50H38N4. The van der Waals surface area contributed by atoms with Gasteiger partial charge in [0.1, 0.15) is 6.17 Å². The molecule has 4 heteroatoms. The van der Waals surface area contributed by atoms with E-state index in [0.717, 1.165) is 0 Å². The van der Waals surface area contributed by atoms with Crippen LogP contribution in [-0.4, -0.2) is 16.7 Å². The van der Waals surface area contributed by atoms with Crippen LogP contribution >= 0.6 is 0 Å². The lowest BCUT2D eigenvalue weighted by molar-refractivity contribution is 0.460. The molecule has 0 amide bonds. The van der Waals surface area contributed by atoms with Crippen LogP contribution < -0.4 is 15.5 Å². The Bertz CT molecular complexity index is 2760. The average Bonchev–Trinajstić information content (AvgIpc) is 3.52. The number of benzene rings is 6. The molecule has 4 nitrogen and oxygen atoms in total. The van der Waals surface area contributed by atoms with Crippen LogP contribution in [0.5, 0.6) is 0 Å². The topological polar surface area (TPSA) is 32.2 Å². The number of para-hydroxylation sites is 2. The lowest BCUT2D eigenvalue weighted by Crippen LogP contribution is -2.46. The highest BCUT2D eigenvalue weighted by Gasteiger charge is 2.39. The zero-order chi connectivity index (χ0) is 35.6. The summed E-state index contributed by atoms with van der Waals surface area (Å²) in [6, 6.07) is 53.5. The van der Waals surface area contributed by atoms with E-state index in [1.165, 1.54) is 78.0 Å². The number of hydrogen-bond donors (Lipinski definition) is 2. The molecule has 0 radical (unpaired) electrons. The molecule has 0 saturated heterocycles. The summed E-state index contributed by atoms with van der Waals surface area (Å²) in [6.07, 6.45) is 17.9. The quantitative estimate of drug-likeness (QED) is 0.192. The molecule has 0 fully saturated rings. The van der Waals surface area contributed by atoms with Gasteiger partial charge in [-0.3, -0.25) is 5.32 Å². The third-order valence-electron chi connectivity index (χ3n) is 11.5. The fraction of sp³-hybridized carbons (Fsp3) is 0.0800. The van der Waals surface area contributed by atoms with E-state index < -0.39 is 0 Å². The Labute approximate surface area is 315 Å². The molecule has 258 valence electrons. The van der Waals surface area contributed by atoms with Gasteiger partial charge in [0.2, 0.25) is 0 Å². The molecule has 2 aliphatic carbocycles. The van der Waals surface area contributed by atoms with Gasteiger partial charge in [0.15, 0.2) is 0 Å². The van der Waals surface area contributed by atoms with E-state index in [1.807, 2.05) is 0 Å². The van der Waals surface area contributed by atoms with Crippen molar-refractivity contribution < 1.29 is 0 Å². The van der Waals surface area contributed by atoms with Crippen molar-refractivity contribution in [1.82, 2.24) is 15.2 Å². The van der Waals surface area contributed by atoms with Gasteiger partial charge < -0.3 is 14.8 Å². The number of rotatable bonds is 4. The number of anilines is 2. The first-order valence-electron chi connectivity index (χ1n) is 18.9. The maximum Gasteiger partial charge on any atom is 0.104 e. The zero-order valence-corrected chi connectivity index (χ0v) is 29.7. The van der Waals surface area contributed by atoms with Crippen LogP contribution in [0.2, 0.25) is 0 Å². The highest BCUT2D eigenvalue weighted by atomic mass is 15.2. The molecule has 0 saturated carbocycles. The molecule has 54 heavy (non-hydrogen) atoms. The van der Waals surface area contributed by atoms with Gasteiger partial charge in [-0.15, -0.1) is 0 Å². The van der Waals surface area contributed by atoms with E-state index in [2.05, 4.69) is 214 Å². The predicted molar refractivity (Wildman–Crippen MR) is 224 cm³/mol. The number of aromatic nitrogens is 1. The summed E-state index contributed by atoms with van der Waals surface area (Å²) in [5, 5.41) is 11.6. The van der Waals surface area contributed by atoms with Gasteiger partial charge in [0.25, 0.3) is 0 Å². The first kappa shape index (κ1) is 31.0.